The Bertz CT molecular complexity index is 437. The van der Waals surface area contributed by atoms with E-state index in [2.05, 4.69) is 28.9 Å². The monoisotopic (exact) mass is 316 g/mol. The van der Waals surface area contributed by atoms with Gasteiger partial charge < -0.3 is 9.47 Å². The lowest BCUT2D eigenvalue weighted by molar-refractivity contribution is 0.171. The van der Waals surface area contributed by atoms with E-state index in [-0.39, 0.29) is 0 Å². The van der Waals surface area contributed by atoms with Crippen LogP contribution in [0.1, 0.15) is 18.9 Å². The highest BCUT2D eigenvalue weighted by Gasteiger charge is 2.16. The van der Waals surface area contributed by atoms with E-state index in [4.69, 9.17) is 21.1 Å². The number of hydrogen-bond donors (Lipinski definition) is 0. The van der Waals surface area contributed by atoms with E-state index in [1.807, 2.05) is 12.1 Å². The second-order valence-electron chi connectivity index (χ2n) is 3.82. The molecule has 92 valence electrons. The van der Waals surface area contributed by atoms with Gasteiger partial charge in [-0.2, -0.15) is 0 Å². The maximum atomic E-state index is 6.17. The second kappa shape index (κ2) is 5.78. The summed E-state index contributed by atoms with van der Waals surface area (Å²) in [4.78, 5) is 0. The van der Waals surface area contributed by atoms with Crippen LogP contribution in [0.25, 0.3) is 6.08 Å². The van der Waals surface area contributed by atoms with Gasteiger partial charge in [0.15, 0.2) is 11.5 Å². The largest absolute Gasteiger partial charge is 0.486 e. The minimum absolute atomic E-state index is 0.559. The number of halogens is 2. The first-order chi connectivity index (χ1) is 8.24. The highest BCUT2D eigenvalue weighted by molar-refractivity contribution is 9.09. The standard InChI is InChI=1S/C13H14BrClO2/c1-2-9(8-14)5-10-6-11(15)13-12(7-10)16-3-4-17-13/h5-7H,2-4,8H2,1H3. The van der Waals surface area contributed by atoms with Crippen LogP contribution < -0.4 is 9.47 Å². The number of allylic oxidation sites excluding steroid dienone is 1. The summed E-state index contributed by atoms with van der Waals surface area (Å²) in [6.07, 6.45) is 3.14. The molecule has 2 nitrogen and oxygen atoms in total. The average Bonchev–Trinajstić information content (AvgIpc) is 2.36. The Morgan fingerprint density at radius 2 is 2.18 bits per heavy atom. The number of fused-ring (bicyclic) bond motifs is 1. The molecular formula is C13H14BrClO2. The van der Waals surface area contributed by atoms with Crippen LogP contribution in [0, 0.1) is 0 Å². The van der Waals surface area contributed by atoms with Gasteiger partial charge in [-0.15, -0.1) is 0 Å². The zero-order valence-electron chi connectivity index (χ0n) is 9.63. The molecule has 1 aromatic rings. The third-order valence-corrected chi connectivity index (χ3v) is 3.62. The second-order valence-corrected chi connectivity index (χ2v) is 4.78. The van der Waals surface area contributed by atoms with E-state index in [0.29, 0.717) is 24.0 Å². The summed E-state index contributed by atoms with van der Waals surface area (Å²) in [5.74, 6) is 1.40. The topological polar surface area (TPSA) is 18.5 Å². The van der Waals surface area contributed by atoms with Crippen LogP contribution in [0.15, 0.2) is 17.7 Å². The van der Waals surface area contributed by atoms with Crippen molar-refractivity contribution in [1.29, 1.82) is 0 Å². The van der Waals surface area contributed by atoms with Crippen LogP contribution >= 0.6 is 27.5 Å². The molecule has 1 aliphatic rings. The van der Waals surface area contributed by atoms with Gasteiger partial charge >= 0.3 is 0 Å². The molecule has 1 heterocycles. The molecule has 0 aliphatic carbocycles. The maximum Gasteiger partial charge on any atom is 0.179 e. The fraction of sp³-hybridized carbons (Fsp3) is 0.385. The third kappa shape index (κ3) is 2.96. The summed E-state index contributed by atoms with van der Waals surface area (Å²) < 4.78 is 11.0. The molecule has 4 heteroatoms. The van der Waals surface area contributed by atoms with Gasteiger partial charge in [-0.25, -0.2) is 0 Å². The SMILES string of the molecule is CCC(=Cc1cc(Cl)c2c(c1)OCCO2)CBr. The molecule has 0 N–H and O–H groups in total. The summed E-state index contributed by atoms with van der Waals surface area (Å²) >= 11 is 9.64. The van der Waals surface area contributed by atoms with Crippen molar-refractivity contribution in [3.05, 3.63) is 28.3 Å². The van der Waals surface area contributed by atoms with Gasteiger partial charge in [0.2, 0.25) is 0 Å². The lowest BCUT2D eigenvalue weighted by Gasteiger charge is -2.19. The van der Waals surface area contributed by atoms with Crippen LogP contribution in [0.3, 0.4) is 0 Å². The zero-order chi connectivity index (χ0) is 12.3. The average molecular weight is 318 g/mol. The Morgan fingerprint density at radius 1 is 1.41 bits per heavy atom. The van der Waals surface area contributed by atoms with E-state index in [0.717, 1.165) is 23.1 Å². The normalized spacial score (nSPS) is 14.9. The van der Waals surface area contributed by atoms with E-state index in [1.165, 1.54) is 5.57 Å². The minimum atomic E-state index is 0.559. The predicted molar refractivity (Wildman–Crippen MR) is 74.5 cm³/mol. The minimum Gasteiger partial charge on any atom is -0.486 e. The van der Waals surface area contributed by atoms with Gasteiger partial charge in [0.1, 0.15) is 13.2 Å². The van der Waals surface area contributed by atoms with Gasteiger partial charge in [-0.1, -0.05) is 46.1 Å². The number of alkyl halides is 1. The molecule has 2 rings (SSSR count). The summed E-state index contributed by atoms with van der Waals surface area (Å²) in [6.45, 7) is 3.27. The highest BCUT2D eigenvalue weighted by Crippen LogP contribution is 2.38. The van der Waals surface area contributed by atoms with E-state index in [9.17, 15) is 0 Å². The molecule has 0 radical (unpaired) electrons. The predicted octanol–water partition coefficient (Wildman–Crippen LogP) is 4.30. The molecule has 0 saturated heterocycles. The first-order valence-electron chi connectivity index (χ1n) is 5.59. The van der Waals surface area contributed by atoms with Crippen molar-refractivity contribution in [1.82, 2.24) is 0 Å². The molecule has 0 aromatic heterocycles. The molecule has 0 saturated carbocycles. The number of benzene rings is 1. The number of hydrogen-bond acceptors (Lipinski definition) is 2. The summed E-state index contributed by atoms with van der Waals surface area (Å²) in [5, 5.41) is 1.48. The van der Waals surface area contributed by atoms with Crippen molar-refractivity contribution >= 4 is 33.6 Å². The van der Waals surface area contributed by atoms with Gasteiger partial charge in [-0.05, 0) is 24.1 Å². The van der Waals surface area contributed by atoms with Crippen LogP contribution in [-0.2, 0) is 0 Å². The molecule has 0 spiro atoms. The molecule has 0 unspecified atom stereocenters. The fourth-order valence-electron chi connectivity index (χ4n) is 1.68. The smallest absolute Gasteiger partial charge is 0.179 e. The van der Waals surface area contributed by atoms with Crippen molar-refractivity contribution in [3.63, 3.8) is 0 Å². The molecule has 0 fully saturated rings. The van der Waals surface area contributed by atoms with Crippen molar-refractivity contribution in [2.75, 3.05) is 18.5 Å². The van der Waals surface area contributed by atoms with Crippen molar-refractivity contribution in [3.8, 4) is 11.5 Å². The zero-order valence-corrected chi connectivity index (χ0v) is 12.0. The molecule has 17 heavy (non-hydrogen) atoms. The third-order valence-electron chi connectivity index (χ3n) is 2.62. The van der Waals surface area contributed by atoms with Crippen molar-refractivity contribution in [2.45, 2.75) is 13.3 Å². The Morgan fingerprint density at radius 3 is 2.88 bits per heavy atom. The number of ether oxygens (including phenoxy) is 2. The first kappa shape index (κ1) is 12.8. The molecule has 0 bridgehead atoms. The van der Waals surface area contributed by atoms with E-state index >= 15 is 0 Å². The van der Waals surface area contributed by atoms with E-state index in [1.54, 1.807) is 0 Å². The first-order valence-corrected chi connectivity index (χ1v) is 7.09. The molecule has 0 atom stereocenters. The lowest BCUT2D eigenvalue weighted by Crippen LogP contribution is -2.15. The number of rotatable bonds is 3. The highest BCUT2D eigenvalue weighted by atomic mass is 79.9. The molecule has 0 amide bonds. The Hall–Kier alpha value is -0.670. The van der Waals surface area contributed by atoms with Gasteiger partial charge in [0.05, 0.1) is 5.02 Å². The van der Waals surface area contributed by atoms with Crippen molar-refractivity contribution in [2.24, 2.45) is 0 Å². The molecule has 1 aromatic carbocycles. The lowest BCUT2D eigenvalue weighted by atomic mass is 10.1. The summed E-state index contributed by atoms with van der Waals surface area (Å²) in [6, 6.07) is 3.88. The molecule has 1 aliphatic heterocycles. The fourth-order valence-corrected chi connectivity index (χ4v) is 2.52. The summed E-state index contributed by atoms with van der Waals surface area (Å²) in [5.41, 5.74) is 2.37. The Kier molecular flexibility index (Phi) is 4.35. The maximum absolute atomic E-state index is 6.17. The van der Waals surface area contributed by atoms with Crippen LogP contribution in [0.2, 0.25) is 5.02 Å². The molecular weight excluding hydrogens is 303 g/mol. The van der Waals surface area contributed by atoms with Crippen LogP contribution in [-0.4, -0.2) is 18.5 Å². The van der Waals surface area contributed by atoms with Gasteiger partial charge in [0.25, 0.3) is 0 Å². The van der Waals surface area contributed by atoms with E-state index < -0.39 is 0 Å². The summed E-state index contributed by atoms with van der Waals surface area (Å²) in [7, 11) is 0. The Balaban J connectivity index is 2.37. The Labute approximate surface area is 115 Å². The quantitative estimate of drug-likeness (QED) is 0.774. The van der Waals surface area contributed by atoms with Crippen LogP contribution in [0.4, 0.5) is 0 Å². The van der Waals surface area contributed by atoms with Gasteiger partial charge in [-0.3, -0.25) is 0 Å². The van der Waals surface area contributed by atoms with Crippen LogP contribution in [0.5, 0.6) is 11.5 Å². The van der Waals surface area contributed by atoms with Crippen molar-refractivity contribution < 1.29 is 9.47 Å². The van der Waals surface area contributed by atoms with Gasteiger partial charge in [0, 0.05) is 5.33 Å².